The molecule has 0 saturated heterocycles. The second-order valence-electron chi connectivity index (χ2n) is 1.73. The van der Waals surface area contributed by atoms with Crippen LogP contribution in [0.3, 0.4) is 0 Å². The van der Waals surface area contributed by atoms with Crippen molar-refractivity contribution in [1.82, 2.24) is 0 Å². The predicted octanol–water partition coefficient (Wildman–Crippen LogP) is -1.16. The van der Waals surface area contributed by atoms with Crippen molar-refractivity contribution >= 4 is 5.97 Å². The second-order valence-corrected chi connectivity index (χ2v) is 1.73. The molecule has 0 radical (unpaired) electrons. The van der Waals surface area contributed by atoms with Gasteiger partial charge >= 0.3 is 35.5 Å². The Morgan fingerprint density at radius 3 is 2.36 bits per heavy atom. The molecule has 0 fully saturated rings. The van der Waals surface area contributed by atoms with Gasteiger partial charge < -0.3 is 1.43 Å². The normalized spacial score (nSPS) is 8.09. The van der Waals surface area contributed by atoms with Gasteiger partial charge in [0.2, 0.25) is 0 Å². The van der Waals surface area contributed by atoms with Crippen LogP contribution in [-0.4, -0.2) is 5.97 Å². The van der Waals surface area contributed by atoms with Crippen molar-refractivity contribution in [2.75, 3.05) is 0 Å². The number of carbonyl (C=O) groups excluding carboxylic acids is 1. The molecule has 0 spiro atoms. The minimum absolute atomic E-state index is 0. The molecule has 0 amide bonds. The molecule has 0 aliphatic heterocycles. The Morgan fingerprint density at radius 1 is 1.36 bits per heavy atom. The van der Waals surface area contributed by atoms with E-state index >= 15 is 0 Å². The molecule has 1 aromatic rings. The average Bonchev–Trinajstić information content (AvgIpc) is 2.05. The van der Waals surface area contributed by atoms with Crippen molar-refractivity contribution in [2.45, 2.75) is 0 Å². The van der Waals surface area contributed by atoms with Crippen molar-refractivity contribution < 1.29 is 45.2 Å². The first-order valence-corrected chi connectivity index (χ1v) is 2.72. The van der Waals surface area contributed by atoms with Gasteiger partial charge in [-0.2, -0.15) is 0 Å². The van der Waals surface area contributed by atoms with Crippen LogP contribution >= 0.6 is 0 Å². The maximum Gasteiger partial charge on any atom is 1.00 e. The molecular formula is C7H6FNaO2. The smallest absolute Gasteiger partial charge is 1.00 e. The number of rotatable bonds is 1. The Labute approximate surface area is 87.0 Å². The van der Waals surface area contributed by atoms with Gasteiger partial charge in [-0.25, -0.2) is 9.74 Å². The van der Waals surface area contributed by atoms with Crippen LogP contribution in [0.15, 0.2) is 30.3 Å². The summed E-state index contributed by atoms with van der Waals surface area (Å²) in [5.74, 6) is -0.958. The van der Waals surface area contributed by atoms with Gasteiger partial charge in [0.15, 0.2) is 0 Å². The first-order valence-electron chi connectivity index (χ1n) is 2.72. The third kappa shape index (κ3) is 3.01. The van der Waals surface area contributed by atoms with E-state index in [1.54, 1.807) is 18.2 Å². The first kappa shape index (κ1) is 10.6. The summed E-state index contributed by atoms with van der Waals surface area (Å²) in [4.78, 5) is 13.4. The molecule has 0 bridgehead atoms. The zero-order valence-corrected chi connectivity index (χ0v) is 8.08. The molecule has 1 rings (SSSR count). The first-order chi connectivity index (χ1) is 4.84. The van der Waals surface area contributed by atoms with Gasteiger partial charge in [0.1, 0.15) is 0 Å². The summed E-state index contributed by atoms with van der Waals surface area (Å²) < 4.78 is 11.2. The van der Waals surface area contributed by atoms with Gasteiger partial charge in [-0.15, -0.1) is 0 Å². The molecule has 54 valence electrons. The molecule has 1 aromatic carbocycles. The number of carbonyl (C=O) groups is 1. The summed E-state index contributed by atoms with van der Waals surface area (Å²) in [5.41, 5.74) is 0.213. The third-order valence-corrected chi connectivity index (χ3v) is 1.08. The molecule has 0 aliphatic rings. The minimum Gasteiger partial charge on any atom is -1.00 e. The number of benzene rings is 1. The van der Waals surface area contributed by atoms with Crippen LogP contribution in [0.25, 0.3) is 0 Å². The maximum atomic E-state index is 11.2. The fraction of sp³-hybridized carbons (Fsp3) is 0. The largest absolute Gasteiger partial charge is 1.00 e. The van der Waals surface area contributed by atoms with E-state index in [1.165, 1.54) is 12.1 Å². The predicted molar refractivity (Wildman–Crippen MR) is 34.1 cm³/mol. The Balaban J connectivity index is 0. The van der Waals surface area contributed by atoms with Gasteiger partial charge in [-0.05, 0) is 12.1 Å². The Hall–Kier alpha value is -0.380. The minimum atomic E-state index is -0.958. The number of hydrogen-bond donors (Lipinski definition) is 0. The van der Waals surface area contributed by atoms with E-state index in [1.807, 2.05) is 0 Å². The summed E-state index contributed by atoms with van der Waals surface area (Å²) >= 11 is 0. The van der Waals surface area contributed by atoms with Crippen LogP contribution in [0.2, 0.25) is 0 Å². The Kier molecular flexibility index (Phi) is 5.11. The van der Waals surface area contributed by atoms with Crippen LogP contribution < -0.4 is 29.6 Å². The summed E-state index contributed by atoms with van der Waals surface area (Å²) in [7, 11) is 0. The Morgan fingerprint density at radius 2 is 1.91 bits per heavy atom. The third-order valence-electron chi connectivity index (χ3n) is 1.08. The van der Waals surface area contributed by atoms with Crippen molar-refractivity contribution in [3.05, 3.63) is 35.9 Å². The molecular weight excluding hydrogens is 158 g/mol. The summed E-state index contributed by atoms with van der Waals surface area (Å²) in [5, 5.41) is 0. The number of halogens is 1. The quantitative estimate of drug-likeness (QED) is 0.489. The van der Waals surface area contributed by atoms with Crippen LogP contribution in [0.5, 0.6) is 0 Å². The van der Waals surface area contributed by atoms with Gasteiger partial charge in [0, 0.05) is 4.53 Å². The molecule has 0 aliphatic carbocycles. The fourth-order valence-electron chi connectivity index (χ4n) is 0.619. The van der Waals surface area contributed by atoms with E-state index in [-0.39, 0.29) is 36.5 Å². The standard InChI is InChI=1S/C7H5FO2.Na.H/c8-10-7(9)6-4-2-1-3-5-6;;/h1-5H;;/q;+1;-1. The second kappa shape index (κ2) is 5.29. The van der Waals surface area contributed by atoms with Crippen LogP contribution in [0.1, 0.15) is 11.8 Å². The van der Waals surface area contributed by atoms with Gasteiger partial charge in [0.05, 0.1) is 5.56 Å². The maximum absolute atomic E-state index is 11.2. The van der Waals surface area contributed by atoms with E-state index in [9.17, 15) is 9.32 Å². The molecule has 2 nitrogen and oxygen atoms in total. The van der Waals surface area contributed by atoms with Crippen LogP contribution in [-0.2, 0) is 4.94 Å². The SMILES string of the molecule is O=C(OF)c1ccccc1.[H-].[Na+]. The van der Waals surface area contributed by atoms with Gasteiger partial charge in [-0.1, -0.05) is 18.2 Å². The van der Waals surface area contributed by atoms with Crippen molar-refractivity contribution in [3.63, 3.8) is 0 Å². The summed E-state index contributed by atoms with van der Waals surface area (Å²) in [6.45, 7) is 0. The van der Waals surface area contributed by atoms with E-state index in [0.717, 1.165) is 0 Å². The van der Waals surface area contributed by atoms with E-state index in [4.69, 9.17) is 0 Å². The zero-order valence-electron chi connectivity index (χ0n) is 7.08. The van der Waals surface area contributed by atoms with Crippen molar-refractivity contribution in [3.8, 4) is 0 Å². The topological polar surface area (TPSA) is 26.3 Å². The van der Waals surface area contributed by atoms with Crippen molar-refractivity contribution in [2.24, 2.45) is 0 Å². The zero-order chi connectivity index (χ0) is 7.40. The Bertz CT molecular complexity index is 230. The van der Waals surface area contributed by atoms with Gasteiger partial charge in [0.25, 0.3) is 0 Å². The molecule has 0 unspecified atom stereocenters. The van der Waals surface area contributed by atoms with E-state index < -0.39 is 5.97 Å². The summed E-state index contributed by atoms with van der Waals surface area (Å²) in [6, 6.07) is 7.94. The molecule has 0 heterocycles. The molecule has 4 heteroatoms. The van der Waals surface area contributed by atoms with Gasteiger partial charge in [-0.3, -0.25) is 0 Å². The molecule has 0 atom stereocenters. The molecule has 0 N–H and O–H groups in total. The monoisotopic (exact) mass is 164 g/mol. The van der Waals surface area contributed by atoms with E-state index in [0.29, 0.717) is 0 Å². The number of hydrogen-bond acceptors (Lipinski definition) is 2. The summed E-state index contributed by atoms with van der Waals surface area (Å²) in [6.07, 6.45) is 0. The molecule has 0 saturated carbocycles. The van der Waals surface area contributed by atoms with E-state index in [2.05, 4.69) is 4.94 Å². The molecule has 0 aromatic heterocycles. The fourth-order valence-corrected chi connectivity index (χ4v) is 0.619. The van der Waals surface area contributed by atoms with Crippen LogP contribution in [0.4, 0.5) is 4.53 Å². The van der Waals surface area contributed by atoms with Crippen molar-refractivity contribution in [1.29, 1.82) is 0 Å². The molecule has 11 heavy (non-hydrogen) atoms. The average molecular weight is 164 g/mol. The van der Waals surface area contributed by atoms with Crippen LogP contribution in [0, 0.1) is 0 Å².